The highest BCUT2D eigenvalue weighted by Crippen LogP contribution is 2.39. The van der Waals surface area contributed by atoms with E-state index in [0.29, 0.717) is 0 Å². The highest BCUT2D eigenvalue weighted by Gasteiger charge is 2.31. The molecular formula is C11H10F3O. The van der Waals surface area contributed by atoms with Gasteiger partial charge in [-0.15, -0.1) is 0 Å². The molecule has 0 aliphatic heterocycles. The maximum Gasteiger partial charge on any atom is 0.194 e. The van der Waals surface area contributed by atoms with Crippen LogP contribution in [0.15, 0.2) is 12.1 Å². The highest BCUT2D eigenvalue weighted by molar-refractivity contribution is 5.23. The van der Waals surface area contributed by atoms with Crippen molar-refractivity contribution in [2.75, 3.05) is 0 Å². The molecular weight excluding hydrogens is 205 g/mol. The Bertz CT molecular complexity index is 374. The second kappa shape index (κ2) is 3.85. The van der Waals surface area contributed by atoms with Gasteiger partial charge >= 0.3 is 0 Å². The molecule has 1 aromatic rings. The first-order valence-corrected chi connectivity index (χ1v) is 4.90. The van der Waals surface area contributed by atoms with Crippen LogP contribution >= 0.6 is 0 Å². The summed E-state index contributed by atoms with van der Waals surface area (Å²) in [6.45, 7) is 0. The van der Waals surface area contributed by atoms with Crippen molar-refractivity contribution in [3.63, 3.8) is 0 Å². The molecule has 2 rings (SSSR count). The summed E-state index contributed by atoms with van der Waals surface area (Å²) in [6.07, 6.45) is 1.17. The van der Waals surface area contributed by atoms with Gasteiger partial charge < -0.3 is 0 Å². The average Bonchev–Trinajstić information content (AvgIpc) is 2.11. The smallest absolute Gasteiger partial charge is 0.194 e. The minimum atomic E-state index is -1.55. The van der Waals surface area contributed by atoms with Gasteiger partial charge in [0.15, 0.2) is 17.5 Å². The topological polar surface area (TPSA) is 19.9 Å². The average molecular weight is 215 g/mol. The third-order valence-electron chi connectivity index (χ3n) is 2.95. The quantitative estimate of drug-likeness (QED) is 0.674. The summed E-state index contributed by atoms with van der Waals surface area (Å²) in [7, 11) is 0. The van der Waals surface area contributed by atoms with Gasteiger partial charge in [0, 0.05) is 5.56 Å². The standard InChI is InChI=1S/C11H10F3O/c12-8-5-4-7(9(13)10(8)14)11(15)6-2-1-3-6/h4-6,11H,1-3H2. The van der Waals surface area contributed by atoms with Gasteiger partial charge in [-0.25, -0.2) is 18.3 Å². The highest BCUT2D eigenvalue weighted by atomic mass is 19.2. The Morgan fingerprint density at radius 3 is 2.33 bits per heavy atom. The van der Waals surface area contributed by atoms with Crippen molar-refractivity contribution >= 4 is 0 Å². The number of halogens is 3. The molecule has 1 radical (unpaired) electrons. The number of benzene rings is 1. The van der Waals surface area contributed by atoms with E-state index in [4.69, 9.17) is 0 Å². The molecule has 1 aliphatic carbocycles. The van der Waals surface area contributed by atoms with E-state index in [9.17, 15) is 18.3 Å². The molecule has 0 spiro atoms. The predicted molar refractivity (Wildman–Crippen MR) is 47.1 cm³/mol. The molecule has 1 atom stereocenters. The van der Waals surface area contributed by atoms with E-state index >= 15 is 0 Å². The Kier molecular flexibility index (Phi) is 2.69. The molecule has 1 fully saturated rings. The Labute approximate surface area is 85.5 Å². The van der Waals surface area contributed by atoms with Crippen LogP contribution in [-0.2, 0) is 5.11 Å². The SMILES string of the molecule is [O]C(c1ccc(F)c(F)c1F)C1CCC1. The number of hydrogen-bond donors (Lipinski definition) is 0. The summed E-state index contributed by atoms with van der Waals surface area (Å²) in [5, 5.41) is 11.7. The fraction of sp³-hybridized carbons (Fsp3) is 0.455. The van der Waals surface area contributed by atoms with Gasteiger partial charge in [-0.1, -0.05) is 12.5 Å². The molecule has 15 heavy (non-hydrogen) atoms. The van der Waals surface area contributed by atoms with Crippen LogP contribution in [-0.4, -0.2) is 0 Å². The number of hydrogen-bond acceptors (Lipinski definition) is 0. The minimum absolute atomic E-state index is 0.135. The van der Waals surface area contributed by atoms with Gasteiger partial charge in [0.2, 0.25) is 0 Å². The third kappa shape index (κ3) is 1.74. The fourth-order valence-corrected chi connectivity index (χ4v) is 1.76. The molecule has 1 unspecified atom stereocenters. The third-order valence-corrected chi connectivity index (χ3v) is 2.95. The molecule has 4 heteroatoms. The molecule has 1 aliphatic rings. The molecule has 1 saturated carbocycles. The largest absolute Gasteiger partial charge is 0.227 e. The normalized spacial score (nSPS) is 18.7. The monoisotopic (exact) mass is 215 g/mol. The van der Waals surface area contributed by atoms with Crippen LogP contribution in [0.25, 0.3) is 0 Å². The Morgan fingerprint density at radius 2 is 1.80 bits per heavy atom. The van der Waals surface area contributed by atoms with E-state index in [-0.39, 0.29) is 11.5 Å². The molecule has 81 valence electrons. The summed E-state index contributed by atoms with van der Waals surface area (Å²) in [5.41, 5.74) is -0.251. The van der Waals surface area contributed by atoms with Gasteiger partial charge in [0.05, 0.1) is 0 Å². The first-order valence-electron chi connectivity index (χ1n) is 4.90. The van der Waals surface area contributed by atoms with E-state index in [0.717, 1.165) is 31.4 Å². The van der Waals surface area contributed by atoms with Crippen LogP contribution in [0.1, 0.15) is 30.9 Å². The molecule has 0 N–H and O–H groups in total. The summed E-state index contributed by atoms with van der Waals surface area (Å²) in [5.74, 6) is -4.27. The van der Waals surface area contributed by atoms with Crippen molar-refractivity contribution in [1.29, 1.82) is 0 Å². The van der Waals surface area contributed by atoms with Gasteiger partial charge in [-0.2, -0.15) is 0 Å². The van der Waals surface area contributed by atoms with Crippen molar-refractivity contribution in [2.45, 2.75) is 25.4 Å². The molecule has 1 aromatic carbocycles. The predicted octanol–water partition coefficient (Wildman–Crippen LogP) is 3.38. The van der Waals surface area contributed by atoms with Gasteiger partial charge in [0.25, 0.3) is 0 Å². The second-order valence-corrected chi connectivity index (χ2v) is 3.88. The Balaban J connectivity index is 2.31. The van der Waals surface area contributed by atoms with E-state index in [1.807, 2.05) is 0 Å². The zero-order valence-corrected chi connectivity index (χ0v) is 7.97. The van der Waals surface area contributed by atoms with Gasteiger partial charge in [0.1, 0.15) is 6.10 Å². The maximum absolute atomic E-state index is 13.2. The Morgan fingerprint density at radius 1 is 1.13 bits per heavy atom. The van der Waals surface area contributed by atoms with E-state index in [1.54, 1.807) is 0 Å². The molecule has 0 amide bonds. The minimum Gasteiger partial charge on any atom is -0.227 e. The lowest BCUT2D eigenvalue weighted by molar-refractivity contribution is -0.000563. The van der Waals surface area contributed by atoms with Crippen LogP contribution in [0.5, 0.6) is 0 Å². The lowest BCUT2D eigenvalue weighted by Crippen LogP contribution is -2.20. The summed E-state index contributed by atoms with van der Waals surface area (Å²) < 4.78 is 38.7. The molecule has 0 heterocycles. The van der Waals surface area contributed by atoms with Crippen molar-refractivity contribution in [1.82, 2.24) is 0 Å². The van der Waals surface area contributed by atoms with Crippen LogP contribution in [0.3, 0.4) is 0 Å². The molecule has 0 aromatic heterocycles. The van der Waals surface area contributed by atoms with Gasteiger partial charge in [-0.05, 0) is 24.8 Å². The van der Waals surface area contributed by atoms with Crippen molar-refractivity contribution < 1.29 is 18.3 Å². The lowest BCUT2D eigenvalue weighted by Gasteiger charge is -2.29. The van der Waals surface area contributed by atoms with Crippen LogP contribution in [0.2, 0.25) is 0 Å². The Hall–Kier alpha value is -1.03. The van der Waals surface area contributed by atoms with Crippen molar-refractivity contribution in [3.05, 3.63) is 35.1 Å². The number of rotatable bonds is 2. The van der Waals surface area contributed by atoms with Crippen LogP contribution in [0, 0.1) is 23.4 Å². The summed E-state index contributed by atoms with van der Waals surface area (Å²) in [6, 6.07) is 1.85. The first kappa shape index (κ1) is 10.5. The summed E-state index contributed by atoms with van der Waals surface area (Å²) >= 11 is 0. The zero-order valence-electron chi connectivity index (χ0n) is 7.97. The molecule has 0 saturated heterocycles. The van der Waals surface area contributed by atoms with Crippen LogP contribution < -0.4 is 0 Å². The van der Waals surface area contributed by atoms with Crippen molar-refractivity contribution in [3.8, 4) is 0 Å². The first-order chi connectivity index (χ1) is 7.11. The van der Waals surface area contributed by atoms with E-state index in [1.165, 1.54) is 0 Å². The molecule has 0 bridgehead atoms. The maximum atomic E-state index is 13.2. The van der Waals surface area contributed by atoms with E-state index in [2.05, 4.69) is 0 Å². The lowest BCUT2D eigenvalue weighted by atomic mass is 9.78. The second-order valence-electron chi connectivity index (χ2n) is 3.88. The van der Waals surface area contributed by atoms with Crippen molar-refractivity contribution in [2.24, 2.45) is 5.92 Å². The van der Waals surface area contributed by atoms with Gasteiger partial charge in [-0.3, -0.25) is 0 Å². The van der Waals surface area contributed by atoms with Crippen LogP contribution in [0.4, 0.5) is 13.2 Å². The summed E-state index contributed by atoms with van der Waals surface area (Å²) in [4.78, 5) is 0. The zero-order chi connectivity index (χ0) is 11.0. The van der Waals surface area contributed by atoms with E-state index < -0.39 is 23.6 Å². The molecule has 1 nitrogen and oxygen atoms in total. The fourth-order valence-electron chi connectivity index (χ4n) is 1.76.